The van der Waals surface area contributed by atoms with Gasteiger partial charge in [-0.1, -0.05) is 35.0 Å². The molecule has 1 amide bonds. The van der Waals surface area contributed by atoms with Crippen molar-refractivity contribution in [2.45, 2.75) is 39.3 Å². The lowest BCUT2D eigenvalue weighted by Crippen LogP contribution is -2.38. The maximum Gasteiger partial charge on any atom is 0.234 e. The van der Waals surface area contributed by atoms with Gasteiger partial charge in [-0.15, -0.1) is 0 Å². The number of hydrogen-bond acceptors (Lipinski definition) is 2. The van der Waals surface area contributed by atoms with Crippen molar-refractivity contribution in [2.24, 2.45) is 0 Å². The van der Waals surface area contributed by atoms with Crippen LogP contribution in [0.15, 0.2) is 28.7 Å². The van der Waals surface area contributed by atoms with E-state index in [9.17, 15) is 4.79 Å². The highest BCUT2D eigenvalue weighted by molar-refractivity contribution is 9.10. The van der Waals surface area contributed by atoms with E-state index in [2.05, 4.69) is 40.4 Å². The number of hydrogen-bond donors (Lipinski definition) is 2. The van der Waals surface area contributed by atoms with E-state index in [1.807, 2.05) is 31.2 Å². The van der Waals surface area contributed by atoms with Crippen LogP contribution >= 0.6 is 15.9 Å². The van der Waals surface area contributed by atoms with E-state index < -0.39 is 0 Å². The fourth-order valence-electron chi connectivity index (χ4n) is 1.54. The smallest absolute Gasteiger partial charge is 0.234 e. The van der Waals surface area contributed by atoms with Gasteiger partial charge in [0.05, 0.1) is 12.6 Å². The molecule has 0 aliphatic rings. The summed E-state index contributed by atoms with van der Waals surface area (Å²) in [5.41, 5.74) is 1.11. The molecule has 0 saturated carbocycles. The topological polar surface area (TPSA) is 41.1 Å². The normalized spacial score (nSPS) is 14.0. The van der Waals surface area contributed by atoms with Crippen LogP contribution in [0.3, 0.4) is 0 Å². The number of halogens is 1. The van der Waals surface area contributed by atoms with Crippen molar-refractivity contribution in [1.82, 2.24) is 10.6 Å². The first-order chi connectivity index (χ1) is 8.52. The van der Waals surface area contributed by atoms with Gasteiger partial charge in [-0.05, 0) is 38.0 Å². The highest BCUT2D eigenvalue weighted by Crippen LogP contribution is 2.16. The fourth-order valence-corrected chi connectivity index (χ4v) is 1.80. The van der Waals surface area contributed by atoms with Crippen LogP contribution in [0.1, 0.15) is 38.8 Å². The predicted octanol–water partition coefficient (Wildman–Crippen LogP) is 3.01. The van der Waals surface area contributed by atoms with Crippen LogP contribution in [0.4, 0.5) is 0 Å². The summed E-state index contributed by atoms with van der Waals surface area (Å²) < 4.78 is 1.04. The van der Waals surface area contributed by atoms with Gasteiger partial charge < -0.3 is 10.6 Å². The summed E-state index contributed by atoms with van der Waals surface area (Å²) in [5.74, 6) is 0.0331. The predicted molar refractivity (Wildman–Crippen MR) is 78.5 cm³/mol. The minimum Gasteiger partial charge on any atom is -0.348 e. The van der Waals surface area contributed by atoms with E-state index in [0.717, 1.165) is 16.5 Å². The average Bonchev–Trinajstić information content (AvgIpc) is 2.36. The molecule has 0 aliphatic carbocycles. The zero-order chi connectivity index (χ0) is 13.5. The first kappa shape index (κ1) is 15.2. The number of carbonyl (C=O) groups excluding carboxylic acids is 1. The summed E-state index contributed by atoms with van der Waals surface area (Å²) in [6.45, 7) is 6.53. The minimum atomic E-state index is 0.0318. The summed E-state index contributed by atoms with van der Waals surface area (Å²) in [4.78, 5) is 11.7. The van der Waals surface area contributed by atoms with Crippen LogP contribution in [-0.2, 0) is 4.79 Å². The third-order valence-corrected chi connectivity index (χ3v) is 3.50. The Labute approximate surface area is 117 Å². The van der Waals surface area contributed by atoms with Crippen molar-refractivity contribution in [2.75, 3.05) is 6.54 Å². The average molecular weight is 313 g/mol. The van der Waals surface area contributed by atoms with Crippen LogP contribution < -0.4 is 10.6 Å². The summed E-state index contributed by atoms with van der Waals surface area (Å²) >= 11 is 3.40. The quantitative estimate of drug-likeness (QED) is 0.847. The molecule has 0 aliphatic heterocycles. The standard InChI is InChI=1S/C14H21BrN2O/c1-4-10(2)16-9-14(18)17-11(3)12-5-7-13(15)8-6-12/h5-8,10-11,16H,4,9H2,1-3H3,(H,17,18)/t10?,11-/m0/s1. The number of nitrogens with one attached hydrogen (secondary N) is 2. The lowest BCUT2D eigenvalue weighted by Gasteiger charge is -2.16. The van der Waals surface area contributed by atoms with Gasteiger partial charge in [0.25, 0.3) is 0 Å². The second kappa shape index (κ2) is 7.54. The Morgan fingerprint density at radius 1 is 1.28 bits per heavy atom. The molecule has 1 rings (SSSR count). The monoisotopic (exact) mass is 312 g/mol. The molecule has 4 heteroatoms. The van der Waals surface area contributed by atoms with Gasteiger partial charge in [-0.3, -0.25) is 4.79 Å². The van der Waals surface area contributed by atoms with Gasteiger partial charge in [0.2, 0.25) is 5.91 Å². The number of carbonyl (C=O) groups is 1. The van der Waals surface area contributed by atoms with Gasteiger partial charge in [0.1, 0.15) is 0 Å². The van der Waals surface area contributed by atoms with Gasteiger partial charge in [0.15, 0.2) is 0 Å². The van der Waals surface area contributed by atoms with E-state index in [1.165, 1.54) is 0 Å². The molecule has 100 valence electrons. The van der Waals surface area contributed by atoms with Crippen LogP contribution in [0.2, 0.25) is 0 Å². The van der Waals surface area contributed by atoms with Crippen molar-refractivity contribution in [3.63, 3.8) is 0 Å². The first-order valence-electron chi connectivity index (χ1n) is 6.31. The second-order valence-electron chi connectivity index (χ2n) is 4.53. The molecule has 0 bridgehead atoms. The summed E-state index contributed by atoms with van der Waals surface area (Å²) in [7, 11) is 0. The molecule has 0 radical (unpaired) electrons. The van der Waals surface area contributed by atoms with Crippen LogP contribution in [0, 0.1) is 0 Å². The molecule has 0 saturated heterocycles. The van der Waals surface area contributed by atoms with Crippen LogP contribution in [0.25, 0.3) is 0 Å². The Kier molecular flexibility index (Phi) is 6.36. The van der Waals surface area contributed by atoms with Crippen LogP contribution in [0.5, 0.6) is 0 Å². The van der Waals surface area contributed by atoms with E-state index in [-0.39, 0.29) is 11.9 Å². The zero-order valence-electron chi connectivity index (χ0n) is 11.2. The molecule has 2 N–H and O–H groups in total. The molecule has 0 heterocycles. The lowest BCUT2D eigenvalue weighted by molar-refractivity contribution is -0.121. The molecule has 0 spiro atoms. The molecule has 3 nitrogen and oxygen atoms in total. The highest BCUT2D eigenvalue weighted by atomic mass is 79.9. The van der Waals surface area contributed by atoms with E-state index in [1.54, 1.807) is 0 Å². The molecule has 0 aromatic heterocycles. The summed E-state index contributed by atoms with van der Waals surface area (Å²) in [5, 5.41) is 6.16. The Morgan fingerprint density at radius 3 is 2.44 bits per heavy atom. The number of amides is 1. The maximum absolute atomic E-state index is 11.7. The van der Waals surface area contributed by atoms with Crippen molar-refractivity contribution >= 4 is 21.8 Å². The Morgan fingerprint density at radius 2 is 1.89 bits per heavy atom. The van der Waals surface area contributed by atoms with Crippen molar-refractivity contribution in [3.8, 4) is 0 Å². The van der Waals surface area contributed by atoms with Crippen LogP contribution in [-0.4, -0.2) is 18.5 Å². The molecular weight excluding hydrogens is 292 g/mol. The third kappa shape index (κ3) is 5.19. The van der Waals surface area contributed by atoms with Gasteiger partial charge >= 0.3 is 0 Å². The Balaban J connectivity index is 2.42. The Hall–Kier alpha value is -0.870. The number of benzene rings is 1. The first-order valence-corrected chi connectivity index (χ1v) is 7.10. The summed E-state index contributed by atoms with van der Waals surface area (Å²) in [6, 6.07) is 8.39. The van der Waals surface area contributed by atoms with Gasteiger partial charge in [-0.2, -0.15) is 0 Å². The number of rotatable bonds is 6. The highest BCUT2D eigenvalue weighted by Gasteiger charge is 2.09. The Bertz CT molecular complexity index is 378. The van der Waals surface area contributed by atoms with E-state index in [0.29, 0.717) is 12.6 Å². The van der Waals surface area contributed by atoms with Gasteiger partial charge in [0, 0.05) is 10.5 Å². The molecule has 18 heavy (non-hydrogen) atoms. The van der Waals surface area contributed by atoms with Crippen molar-refractivity contribution in [1.29, 1.82) is 0 Å². The SMILES string of the molecule is CCC(C)NCC(=O)N[C@@H](C)c1ccc(Br)cc1. The largest absolute Gasteiger partial charge is 0.348 e. The van der Waals surface area contributed by atoms with E-state index in [4.69, 9.17) is 0 Å². The van der Waals surface area contributed by atoms with Crippen molar-refractivity contribution in [3.05, 3.63) is 34.3 Å². The second-order valence-corrected chi connectivity index (χ2v) is 5.45. The van der Waals surface area contributed by atoms with E-state index >= 15 is 0 Å². The zero-order valence-corrected chi connectivity index (χ0v) is 12.8. The maximum atomic E-state index is 11.7. The molecular formula is C14H21BrN2O. The molecule has 2 atom stereocenters. The minimum absolute atomic E-state index is 0.0318. The van der Waals surface area contributed by atoms with Crippen molar-refractivity contribution < 1.29 is 4.79 Å². The summed E-state index contributed by atoms with van der Waals surface area (Å²) in [6.07, 6.45) is 1.02. The fraction of sp³-hybridized carbons (Fsp3) is 0.500. The molecule has 1 aromatic carbocycles. The molecule has 0 fully saturated rings. The third-order valence-electron chi connectivity index (χ3n) is 2.97. The van der Waals surface area contributed by atoms with Gasteiger partial charge in [-0.25, -0.2) is 0 Å². The lowest BCUT2D eigenvalue weighted by atomic mass is 10.1. The molecule has 1 aromatic rings. The molecule has 1 unspecified atom stereocenters.